The molecule has 23 N–H and O–H groups in total. The van der Waals surface area contributed by atoms with E-state index >= 15 is 0 Å². The average molecular weight is 1240 g/mol. The summed E-state index contributed by atoms with van der Waals surface area (Å²) in [5, 5.41) is 30.3. The van der Waals surface area contributed by atoms with Crippen LogP contribution in [0, 0.1) is 11.8 Å². The van der Waals surface area contributed by atoms with Gasteiger partial charge in [0, 0.05) is 43.2 Å². The molecule has 1 aliphatic rings. The highest BCUT2D eigenvalue weighted by atomic mass is 16.4. The van der Waals surface area contributed by atoms with Crippen molar-refractivity contribution in [1.82, 2.24) is 47.1 Å². The molecule has 0 unspecified atom stereocenters. The third-order valence-electron chi connectivity index (χ3n) is 15.6. The first-order valence-electron chi connectivity index (χ1n) is 31.0. The minimum absolute atomic E-state index is 0.0101. The van der Waals surface area contributed by atoms with E-state index in [1.165, 1.54) is 4.90 Å². The molecule has 1 aromatic heterocycles. The molecule has 4 rings (SSSR count). The van der Waals surface area contributed by atoms with Crippen molar-refractivity contribution in [3.63, 3.8) is 0 Å². The van der Waals surface area contributed by atoms with Gasteiger partial charge < -0.3 is 92.3 Å². The van der Waals surface area contributed by atoms with Crippen LogP contribution in [0.5, 0.6) is 0 Å². The molecular formula is C61H98N18O10. The zero-order valence-electron chi connectivity index (χ0n) is 52.0. The van der Waals surface area contributed by atoms with Crippen LogP contribution in [0.1, 0.15) is 129 Å². The number of para-hydroxylation sites is 1. The maximum Gasteiger partial charge on any atom is 0.326 e. The fourth-order valence-corrected chi connectivity index (χ4v) is 10.5. The number of nitrogens with one attached hydrogen (secondary N) is 8. The SMILES string of the molecule is CC[C@H](C)[C@H](NC(=O)[C@H](CCCCN)NC(=O)[C@H](CCCCN)NC(=O)[C@H](CCCN=C(N)N)NC(=O)[C@H](CCCN=C(N)N)NC(=O)[C@H](CC(C)C)NC(=O)[C@H](Cc1c[nH]c2ccccc12)NC(=O)[C@@H](N)Cc1ccccc1)C(=O)N1CCC[C@H]1C(=O)O. The van der Waals surface area contributed by atoms with Crippen molar-refractivity contribution in [2.45, 2.75) is 185 Å². The standard InChI is InChI=1S/C61H98N18O10/c1-5-37(4)50(58(87)79-31-17-26-49(79)59(88)89)78-55(84)44(23-12-14-28-63)73-52(81)43(22-11-13-27-62)72-53(82)45(24-15-29-69-60(65)66)74-54(83)46(25-16-30-70-61(67)68)75-56(85)47(32-36(2)3)77-57(86)48(34-39-35-71-42-21-10-9-20-40(39)42)76-51(80)41(64)33-38-18-7-6-8-19-38/h6-10,18-21,35-37,41,43-50,71H,5,11-17,22-34,62-64H2,1-4H3,(H,72,82)(H,73,81)(H,74,83)(H,75,85)(H,76,80)(H,77,86)(H,78,84)(H,88,89)(H4,65,66,69)(H4,67,68,70)/t37-,41-,43-,44-,45-,46-,47-,48-,49-,50-/m0/s1. The number of nitrogens with two attached hydrogens (primary N) is 7. The monoisotopic (exact) mass is 1240 g/mol. The molecule has 2 aromatic carbocycles. The molecule has 28 nitrogen and oxygen atoms in total. The Bertz CT molecular complexity index is 2840. The van der Waals surface area contributed by atoms with Gasteiger partial charge >= 0.3 is 5.97 Å². The normalized spacial score (nSPS) is 16.0. The van der Waals surface area contributed by atoms with Gasteiger partial charge in [0.1, 0.15) is 48.3 Å². The van der Waals surface area contributed by atoms with E-state index in [0.29, 0.717) is 44.1 Å². The summed E-state index contributed by atoms with van der Waals surface area (Å²) in [6.07, 6.45) is 5.16. The van der Waals surface area contributed by atoms with E-state index in [0.717, 1.165) is 16.5 Å². The minimum atomic E-state index is -1.39. The van der Waals surface area contributed by atoms with Crippen LogP contribution in [0.3, 0.4) is 0 Å². The van der Waals surface area contributed by atoms with E-state index in [1.54, 1.807) is 13.1 Å². The van der Waals surface area contributed by atoms with Crippen LogP contribution in [0.25, 0.3) is 10.9 Å². The summed E-state index contributed by atoms with van der Waals surface area (Å²) in [6, 6.07) is 5.62. The average Bonchev–Trinajstić information content (AvgIpc) is 2.32. The predicted molar refractivity (Wildman–Crippen MR) is 341 cm³/mol. The largest absolute Gasteiger partial charge is 0.480 e. The number of carboxylic acids is 1. The number of H-pyrrole nitrogens is 1. The molecule has 0 saturated carbocycles. The Balaban J connectivity index is 1.64. The number of nitrogens with zero attached hydrogens (tertiary/aromatic N) is 3. The first kappa shape index (κ1) is 73.1. The fourth-order valence-electron chi connectivity index (χ4n) is 10.5. The number of hydrogen-bond acceptors (Lipinski definition) is 14. The molecule has 10 atom stereocenters. The molecule has 28 heteroatoms. The number of amides is 8. The Kier molecular flexibility index (Phi) is 31.3. The van der Waals surface area contributed by atoms with Crippen molar-refractivity contribution in [2.75, 3.05) is 32.7 Å². The third kappa shape index (κ3) is 24.6. The number of unbranched alkanes of at least 4 members (excludes halogenated alkanes) is 2. The van der Waals surface area contributed by atoms with Gasteiger partial charge in [-0.3, -0.25) is 48.3 Å². The molecule has 3 aromatic rings. The van der Waals surface area contributed by atoms with E-state index in [2.05, 4.69) is 52.2 Å². The van der Waals surface area contributed by atoms with Gasteiger partial charge in [-0.1, -0.05) is 82.6 Å². The Hall–Kier alpha value is -8.37. The summed E-state index contributed by atoms with van der Waals surface area (Å²) in [6.45, 7) is 8.09. The van der Waals surface area contributed by atoms with Crippen LogP contribution in [-0.4, -0.2) is 167 Å². The number of rotatable bonds is 40. The van der Waals surface area contributed by atoms with Crippen molar-refractivity contribution in [3.8, 4) is 0 Å². The number of benzene rings is 2. The summed E-state index contributed by atoms with van der Waals surface area (Å²) in [5.41, 5.74) is 42.9. The molecule has 8 amide bonds. The zero-order chi connectivity index (χ0) is 65.6. The number of carbonyl (C=O) groups excluding carboxylic acids is 8. The molecule has 0 radical (unpaired) electrons. The van der Waals surface area contributed by atoms with Gasteiger partial charge in [-0.2, -0.15) is 0 Å². The lowest BCUT2D eigenvalue weighted by Gasteiger charge is -2.32. The number of carbonyl (C=O) groups is 9. The second-order valence-corrected chi connectivity index (χ2v) is 23.2. The molecule has 0 bridgehead atoms. The first-order valence-corrected chi connectivity index (χ1v) is 31.0. The van der Waals surface area contributed by atoms with Crippen LogP contribution in [0.4, 0.5) is 0 Å². The maximum absolute atomic E-state index is 14.7. The van der Waals surface area contributed by atoms with E-state index in [1.807, 2.05) is 75.4 Å². The Labute approximate surface area is 521 Å². The number of aromatic amines is 1. The molecule has 1 saturated heterocycles. The number of aliphatic imine (C=N–C) groups is 2. The number of guanidine groups is 2. The van der Waals surface area contributed by atoms with Gasteiger partial charge in [-0.25, -0.2) is 4.79 Å². The summed E-state index contributed by atoms with van der Waals surface area (Å²) in [5.74, 6) is -7.91. The molecule has 1 fully saturated rings. The summed E-state index contributed by atoms with van der Waals surface area (Å²) < 4.78 is 0. The number of aliphatic carboxylic acids is 1. The van der Waals surface area contributed by atoms with E-state index in [9.17, 15) is 48.3 Å². The molecule has 492 valence electrons. The van der Waals surface area contributed by atoms with Gasteiger partial charge in [-0.05, 0) is 132 Å². The fraction of sp³-hybridized carbons (Fsp3) is 0.590. The summed E-state index contributed by atoms with van der Waals surface area (Å²) in [7, 11) is 0. The van der Waals surface area contributed by atoms with Crippen LogP contribution in [0.15, 0.2) is 70.8 Å². The van der Waals surface area contributed by atoms with Gasteiger partial charge in [-0.15, -0.1) is 0 Å². The van der Waals surface area contributed by atoms with Crippen molar-refractivity contribution in [2.24, 2.45) is 62.0 Å². The van der Waals surface area contributed by atoms with Crippen LogP contribution in [0.2, 0.25) is 0 Å². The molecule has 0 spiro atoms. The zero-order valence-corrected chi connectivity index (χ0v) is 52.0. The smallest absolute Gasteiger partial charge is 0.326 e. The second kappa shape index (κ2) is 38.1. The Morgan fingerprint density at radius 3 is 1.55 bits per heavy atom. The highest BCUT2D eigenvalue weighted by Gasteiger charge is 2.41. The summed E-state index contributed by atoms with van der Waals surface area (Å²) >= 11 is 0. The van der Waals surface area contributed by atoms with Crippen molar-refractivity contribution >= 4 is 76.0 Å². The topological polar surface area (TPSA) is 484 Å². The highest BCUT2D eigenvalue weighted by molar-refractivity contribution is 5.98. The van der Waals surface area contributed by atoms with Gasteiger partial charge in [0.15, 0.2) is 11.9 Å². The lowest BCUT2D eigenvalue weighted by atomic mass is 9.96. The molecular weight excluding hydrogens is 1140 g/mol. The second-order valence-electron chi connectivity index (χ2n) is 23.2. The van der Waals surface area contributed by atoms with E-state index in [-0.39, 0.29) is 115 Å². The van der Waals surface area contributed by atoms with Crippen LogP contribution >= 0.6 is 0 Å². The quantitative estimate of drug-likeness (QED) is 0.0188. The number of carboxylic acid groups (broad SMARTS) is 1. The van der Waals surface area contributed by atoms with E-state index < -0.39 is 114 Å². The first-order chi connectivity index (χ1) is 42.5. The van der Waals surface area contributed by atoms with Crippen molar-refractivity contribution in [3.05, 3.63) is 71.9 Å². The molecule has 1 aliphatic heterocycles. The molecule has 0 aliphatic carbocycles. The third-order valence-corrected chi connectivity index (χ3v) is 15.6. The van der Waals surface area contributed by atoms with Crippen molar-refractivity contribution in [1.29, 1.82) is 0 Å². The summed E-state index contributed by atoms with van der Waals surface area (Å²) in [4.78, 5) is 140. The van der Waals surface area contributed by atoms with Crippen LogP contribution in [-0.2, 0) is 56.0 Å². The van der Waals surface area contributed by atoms with Gasteiger partial charge in [0.25, 0.3) is 0 Å². The number of fused-ring (bicyclic) bond motifs is 1. The maximum atomic E-state index is 14.7. The number of aromatic nitrogens is 1. The number of hydrogen-bond donors (Lipinski definition) is 16. The Morgan fingerprint density at radius 2 is 1.06 bits per heavy atom. The molecule has 2 heterocycles. The lowest BCUT2D eigenvalue weighted by Crippen LogP contribution is -2.61. The highest BCUT2D eigenvalue weighted by Crippen LogP contribution is 2.23. The van der Waals surface area contributed by atoms with Gasteiger partial charge in [0.05, 0.1) is 6.04 Å². The molecule has 89 heavy (non-hydrogen) atoms. The van der Waals surface area contributed by atoms with Crippen molar-refractivity contribution < 1.29 is 48.3 Å². The number of likely N-dealkylation sites (tertiary alicyclic amines) is 1. The minimum Gasteiger partial charge on any atom is -0.480 e. The lowest BCUT2D eigenvalue weighted by molar-refractivity contribution is -0.150. The van der Waals surface area contributed by atoms with E-state index in [4.69, 9.17) is 40.1 Å². The Morgan fingerprint density at radius 1 is 0.596 bits per heavy atom. The predicted octanol–water partition coefficient (Wildman–Crippen LogP) is -0.793. The van der Waals surface area contributed by atoms with Crippen LogP contribution < -0.4 is 77.4 Å². The van der Waals surface area contributed by atoms with Gasteiger partial charge in [0.2, 0.25) is 47.3 Å².